The maximum Gasteiger partial charge on any atom is 0.408 e. The summed E-state index contributed by atoms with van der Waals surface area (Å²) in [6.45, 7) is 6.11. The Kier molecular flexibility index (Phi) is 12.3. The Hall–Kier alpha value is -4.52. The molecule has 0 unspecified atom stereocenters. The van der Waals surface area contributed by atoms with Crippen molar-refractivity contribution in [2.24, 2.45) is 5.92 Å². The number of aromatic nitrogens is 3. The molecular weight excluding hydrogens is 510 g/mol. The SMILES string of the molecule is COc1cccc(OC[C@@H]2COC[C@H]2N(C(=O)O)C(C)(C)C)c1[N+](=O)[O-].c1cncccoccncnc1. The van der Waals surface area contributed by atoms with E-state index in [1.807, 2.05) is 20.8 Å². The summed E-state index contributed by atoms with van der Waals surface area (Å²) >= 11 is 0. The third-order valence-corrected chi connectivity index (χ3v) is 5.27. The summed E-state index contributed by atoms with van der Waals surface area (Å²) in [6.07, 6.45) is 9.64. The molecule has 13 heteroatoms. The number of para-hydroxylation sites is 1. The lowest BCUT2D eigenvalue weighted by Gasteiger charge is -2.39. The molecule has 1 saturated heterocycles. The van der Waals surface area contributed by atoms with Gasteiger partial charge in [-0.15, -0.1) is 0 Å². The van der Waals surface area contributed by atoms with Crippen LogP contribution in [0.1, 0.15) is 20.8 Å². The van der Waals surface area contributed by atoms with Gasteiger partial charge in [0.2, 0.25) is 11.5 Å². The van der Waals surface area contributed by atoms with Crippen LogP contribution in [0, 0.1) is 16.0 Å². The van der Waals surface area contributed by atoms with Crippen molar-refractivity contribution >= 4 is 11.8 Å². The summed E-state index contributed by atoms with van der Waals surface area (Å²) in [6, 6.07) is 7.56. The molecule has 0 saturated carbocycles. The van der Waals surface area contributed by atoms with E-state index in [2.05, 4.69) is 15.0 Å². The van der Waals surface area contributed by atoms with Crippen LogP contribution in [0.25, 0.3) is 0 Å². The lowest BCUT2D eigenvalue weighted by molar-refractivity contribution is -0.386. The van der Waals surface area contributed by atoms with Crippen LogP contribution in [0.15, 0.2) is 78.4 Å². The van der Waals surface area contributed by atoms with E-state index in [1.165, 1.54) is 49.2 Å². The molecule has 1 amide bonds. The molecule has 1 aliphatic heterocycles. The first-order chi connectivity index (χ1) is 18.7. The molecule has 1 aliphatic rings. The molecule has 2 atom stereocenters. The Labute approximate surface area is 226 Å². The average Bonchev–Trinajstić information content (AvgIpc) is 3.33. The van der Waals surface area contributed by atoms with E-state index in [0.717, 1.165) is 0 Å². The number of nitrogens with zero attached hydrogens (tertiary/aromatic N) is 5. The molecule has 3 rings (SSSR count). The number of hydrogen-bond acceptors (Lipinski definition) is 10. The number of benzene rings is 1. The molecule has 0 aliphatic carbocycles. The number of nitro benzene ring substituents is 1. The lowest BCUT2D eigenvalue weighted by Crippen LogP contribution is -2.54. The van der Waals surface area contributed by atoms with Gasteiger partial charge in [-0.25, -0.2) is 14.8 Å². The van der Waals surface area contributed by atoms with E-state index >= 15 is 0 Å². The van der Waals surface area contributed by atoms with Crippen LogP contribution < -0.4 is 9.47 Å². The highest BCUT2D eigenvalue weighted by Gasteiger charge is 2.41. The molecule has 2 aromatic rings. The van der Waals surface area contributed by atoms with Crippen molar-refractivity contribution in [2.75, 3.05) is 26.9 Å². The second-order valence-electron chi connectivity index (χ2n) is 9.02. The van der Waals surface area contributed by atoms with Crippen molar-refractivity contribution in [3.8, 4) is 11.5 Å². The summed E-state index contributed by atoms with van der Waals surface area (Å²) in [7, 11) is 1.35. The number of rotatable bonds is 6. The van der Waals surface area contributed by atoms with E-state index < -0.39 is 22.6 Å². The second kappa shape index (κ2) is 15.7. The van der Waals surface area contributed by atoms with Crippen molar-refractivity contribution in [1.82, 2.24) is 19.9 Å². The normalized spacial score (nSPS) is 15.9. The highest BCUT2D eigenvalue weighted by atomic mass is 16.6. The fourth-order valence-electron chi connectivity index (χ4n) is 3.67. The Morgan fingerprint density at radius 2 is 1.77 bits per heavy atom. The van der Waals surface area contributed by atoms with Gasteiger partial charge >= 0.3 is 11.8 Å². The zero-order chi connectivity index (χ0) is 28.7. The minimum atomic E-state index is -1.04. The predicted octanol–water partition coefficient (Wildman–Crippen LogP) is 4.49. The zero-order valence-corrected chi connectivity index (χ0v) is 22.2. The van der Waals surface area contributed by atoms with Gasteiger partial charge < -0.3 is 23.7 Å². The van der Waals surface area contributed by atoms with Crippen LogP contribution in [0.2, 0.25) is 0 Å². The molecule has 2 heterocycles. The average molecular weight is 544 g/mol. The number of carboxylic acid groups (broad SMARTS) is 1. The maximum atomic E-state index is 11.7. The summed E-state index contributed by atoms with van der Waals surface area (Å²) in [5.41, 5.74) is -0.860. The smallest absolute Gasteiger partial charge is 0.408 e. The standard InChI is InChI=1S/C17H24N2O7.C9H9N3O/c1-17(2,3)18(16(20)21)12-10-25-8-11(12)9-26-14-7-5-6-13(24-4)15(14)19(22)23;1-3-10-5-2-7-13-8-6-12-9-11-4-1/h5-7,11-12H,8-10H2,1-4H3,(H,20,21);1-9H/t11-,12+;/m0./s1. The molecule has 0 spiro atoms. The molecule has 13 nitrogen and oxygen atoms in total. The minimum Gasteiger partial charge on any atom is -0.490 e. The Bertz CT molecular complexity index is 1060. The highest BCUT2D eigenvalue weighted by Crippen LogP contribution is 2.37. The Balaban J connectivity index is 0.000000344. The highest BCUT2D eigenvalue weighted by molar-refractivity contribution is 5.66. The molecule has 210 valence electrons. The molecular formula is C26H33N5O8. The van der Waals surface area contributed by atoms with Gasteiger partial charge in [0.15, 0.2) is 0 Å². The number of methoxy groups -OCH3 is 1. The van der Waals surface area contributed by atoms with E-state index in [-0.39, 0.29) is 36.3 Å². The lowest BCUT2D eigenvalue weighted by atomic mass is 9.97. The van der Waals surface area contributed by atoms with E-state index in [9.17, 15) is 20.0 Å². The van der Waals surface area contributed by atoms with E-state index in [0.29, 0.717) is 6.61 Å². The summed E-state index contributed by atoms with van der Waals surface area (Å²) in [5.74, 6) is -0.0534. The molecule has 1 aromatic carbocycles. The van der Waals surface area contributed by atoms with Crippen molar-refractivity contribution in [2.45, 2.75) is 32.4 Å². The van der Waals surface area contributed by atoms with E-state index in [1.54, 1.807) is 36.8 Å². The summed E-state index contributed by atoms with van der Waals surface area (Å²) in [5, 5.41) is 20.9. The first-order valence-electron chi connectivity index (χ1n) is 11.9. The third-order valence-electron chi connectivity index (χ3n) is 5.27. The van der Waals surface area contributed by atoms with Gasteiger partial charge in [-0.3, -0.25) is 20.0 Å². The van der Waals surface area contributed by atoms with Gasteiger partial charge in [0, 0.05) is 30.0 Å². The summed E-state index contributed by atoms with van der Waals surface area (Å²) < 4.78 is 21.1. The first-order valence-corrected chi connectivity index (χ1v) is 11.9. The second-order valence-corrected chi connectivity index (χ2v) is 9.02. The number of carbonyl (C=O) groups is 1. The Morgan fingerprint density at radius 1 is 1.08 bits per heavy atom. The molecule has 0 bridgehead atoms. The van der Waals surface area contributed by atoms with Crippen LogP contribution >= 0.6 is 0 Å². The largest absolute Gasteiger partial charge is 0.490 e. The fourth-order valence-corrected chi connectivity index (χ4v) is 3.67. The van der Waals surface area contributed by atoms with Crippen LogP contribution in [0.4, 0.5) is 10.5 Å². The molecule has 1 aromatic heterocycles. The number of amides is 1. The molecule has 1 N–H and O–H groups in total. The monoisotopic (exact) mass is 543 g/mol. The van der Waals surface area contributed by atoms with Gasteiger partial charge in [-0.2, -0.15) is 0 Å². The van der Waals surface area contributed by atoms with Gasteiger partial charge in [0.05, 0.1) is 50.4 Å². The van der Waals surface area contributed by atoms with Crippen molar-refractivity contribution in [3.05, 3.63) is 84.1 Å². The van der Waals surface area contributed by atoms with Crippen LogP contribution in [0.5, 0.6) is 11.5 Å². The quantitative estimate of drug-likeness (QED) is 0.403. The van der Waals surface area contributed by atoms with Gasteiger partial charge in [-0.05, 0) is 45.0 Å². The predicted molar refractivity (Wildman–Crippen MR) is 140 cm³/mol. The van der Waals surface area contributed by atoms with Crippen molar-refractivity contribution in [1.29, 1.82) is 0 Å². The van der Waals surface area contributed by atoms with Gasteiger partial charge in [-0.1, -0.05) is 6.07 Å². The van der Waals surface area contributed by atoms with Gasteiger partial charge in [0.1, 0.15) is 12.6 Å². The maximum absolute atomic E-state index is 11.7. The minimum absolute atomic E-state index is 0.0811. The van der Waals surface area contributed by atoms with E-state index in [4.69, 9.17) is 18.6 Å². The Morgan fingerprint density at radius 3 is 2.46 bits per heavy atom. The number of ether oxygens (including phenoxy) is 3. The number of nitro groups is 1. The molecule has 39 heavy (non-hydrogen) atoms. The fraction of sp³-hybridized carbons (Fsp3) is 0.385. The zero-order valence-electron chi connectivity index (χ0n) is 22.2. The topological polar surface area (TPSA) is 163 Å². The van der Waals surface area contributed by atoms with Gasteiger partial charge in [0.25, 0.3) is 0 Å². The molecule has 0 radical (unpaired) electrons. The third kappa shape index (κ3) is 10.0. The van der Waals surface area contributed by atoms with Crippen LogP contribution in [0.3, 0.4) is 0 Å². The van der Waals surface area contributed by atoms with Crippen LogP contribution in [-0.4, -0.2) is 74.5 Å². The summed E-state index contributed by atoms with van der Waals surface area (Å²) in [4.78, 5) is 35.4. The van der Waals surface area contributed by atoms with Crippen molar-refractivity contribution < 1.29 is 33.5 Å². The van der Waals surface area contributed by atoms with Crippen molar-refractivity contribution in [3.63, 3.8) is 0 Å². The van der Waals surface area contributed by atoms with Crippen LogP contribution in [-0.2, 0) is 4.74 Å². The molecule has 1 fully saturated rings. The first kappa shape index (κ1) is 30.7. The number of hydrogen-bond donors (Lipinski definition) is 1.